The molecule has 0 spiro atoms. The second-order valence-electron chi connectivity index (χ2n) is 6.41. The van der Waals surface area contributed by atoms with Crippen molar-refractivity contribution in [1.82, 2.24) is 20.0 Å². The first-order valence-electron chi connectivity index (χ1n) is 8.44. The smallest absolute Gasteiger partial charge is 0.261 e. The molecule has 11 heteroatoms. The molecule has 1 atom stereocenters. The molecule has 29 heavy (non-hydrogen) atoms. The van der Waals surface area contributed by atoms with E-state index in [0.717, 1.165) is 23.1 Å². The van der Waals surface area contributed by atoms with Gasteiger partial charge in [-0.15, -0.1) is 0 Å². The standard InChI is InChI=1S/C18H17FN4O5S/c1-29(27,28)16(18(25)22-26)4-7-23-10-13(19)12(9-17(23)24)11-2-3-14-15(8-11)21-6-5-20-14/h2-3,5-6,8-10,16,26H,4,7H2,1H3,(H,22,25)/t16-/m1/s1. The Hall–Kier alpha value is -3.18. The number of amides is 1. The van der Waals surface area contributed by atoms with Crippen LogP contribution in [0, 0.1) is 5.82 Å². The number of carbonyl (C=O) groups is 1. The van der Waals surface area contributed by atoms with E-state index in [1.807, 2.05) is 0 Å². The molecule has 0 fully saturated rings. The average Bonchev–Trinajstić information content (AvgIpc) is 2.68. The SMILES string of the molecule is CS(=O)(=O)[C@H](CCn1cc(F)c(-c2ccc3nccnc3c2)cc1=O)C(=O)NO. The molecule has 0 unspecified atom stereocenters. The monoisotopic (exact) mass is 420 g/mol. The number of benzene rings is 1. The third-order valence-corrected chi connectivity index (χ3v) is 5.89. The van der Waals surface area contributed by atoms with Crippen LogP contribution < -0.4 is 11.0 Å². The predicted molar refractivity (Wildman–Crippen MR) is 102 cm³/mol. The molecule has 152 valence electrons. The Morgan fingerprint density at radius 2 is 1.93 bits per heavy atom. The summed E-state index contributed by atoms with van der Waals surface area (Å²) in [5.41, 5.74) is 2.38. The van der Waals surface area contributed by atoms with Crippen molar-refractivity contribution >= 4 is 26.8 Å². The van der Waals surface area contributed by atoms with Gasteiger partial charge < -0.3 is 4.57 Å². The number of halogens is 1. The van der Waals surface area contributed by atoms with Crippen LogP contribution in [0.3, 0.4) is 0 Å². The first kappa shape index (κ1) is 20.6. The van der Waals surface area contributed by atoms with Crippen LogP contribution in [-0.2, 0) is 21.2 Å². The van der Waals surface area contributed by atoms with Crippen molar-refractivity contribution in [2.75, 3.05) is 6.26 Å². The lowest BCUT2D eigenvalue weighted by molar-refractivity contribution is -0.128. The zero-order chi connectivity index (χ0) is 21.2. The van der Waals surface area contributed by atoms with E-state index in [1.54, 1.807) is 18.2 Å². The largest absolute Gasteiger partial charge is 0.312 e. The van der Waals surface area contributed by atoms with Gasteiger partial charge in [0, 0.05) is 43.0 Å². The third-order valence-electron chi connectivity index (χ3n) is 4.41. The number of fused-ring (bicyclic) bond motifs is 1. The van der Waals surface area contributed by atoms with Crippen LogP contribution in [0.4, 0.5) is 4.39 Å². The van der Waals surface area contributed by atoms with Crippen molar-refractivity contribution in [3.63, 3.8) is 0 Å². The second kappa shape index (κ2) is 8.05. The third kappa shape index (κ3) is 4.46. The van der Waals surface area contributed by atoms with E-state index in [9.17, 15) is 22.4 Å². The van der Waals surface area contributed by atoms with E-state index < -0.39 is 32.4 Å². The van der Waals surface area contributed by atoms with Gasteiger partial charge in [0.2, 0.25) is 0 Å². The predicted octanol–water partition coefficient (Wildman–Crippen LogP) is 0.906. The number of carbonyl (C=O) groups excluding carboxylic acids is 1. The Morgan fingerprint density at radius 3 is 2.59 bits per heavy atom. The summed E-state index contributed by atoms with van der Waals surface area (Å²) in [5.74, 6) is -1.81. The van der Waals surface area contributed by atoms with Crippen LogP contribution in [0.2, 0.25) is 0 Å². The number of nitrogens with zero attached hydrogens (tertiary/aromatic N) is 3. The lowest BCUT2D eigenvalue weighted by Gasteiger charge is -2.14. The molecule has 0 aliphatic carbocycles. The van der Waals surface area contributed by atoms with Crippen LogP contribution in [-0.4, -0.2) is 45.6 Å². The molecule has 0 saturated heterocycles. The molecular weight excluding hydrogens is 403 g/mol. The Kier molecular flexibility index (Phi) is 5.71. The highest BCUT2D eigenvalue weighted by Crippen LogP contribution is 2.24. The molecule has 2 heterocycles. The lowest BCUT2D eigenvalue weighted by atomic mass is 10.1. The first-order valence-corrected chi connectivity index (χ1v) is 10.4. The lowest BCUT2D eigenvalue weighted by Crippen LogP contribution is -2.39. The minimum absolute atomic E-state index is 0.0616. The van der Waals surface area contributed by atoms with Gasteiger partial charge in [0.1, 0.15) is 11.1 Å². The molecule has 2 aromatic heterocycles. The molecule has 0 aliphatic rings. The van der Waals surface area contributed by atoms with Crippen molar-refractivity contribution in [3.8, 4) is 11.1 Å². The van der Waals surface area contributed by atoms with Gasteiger partial charge in [0.15, 0.2) is 9.84 Å². The quantitative estimate of drug-likeness (QED) is 0.447. The number of nitrogens with one attached hydrogen (secondary N) is 1. The van der Waals surface area contributed by atoms with Gasteiger partial charge in [0.05, 0.1) is 11.0 Å². The molecule has 3 aromatic rings. The fourth-order valence-corrected chi connectivity index (χ4v) is 3.92. The zero-order valence-electron chi connectivity index (χ0n) is 15.2. The topological polar surface area (TPSA) is 131 Å². The van der Waals surface area contributed by atoms with Crippen LogP contribution in [0.15, 0.2) is 47.7 Å². The van der Waals surface area contributed by atoms with Crippen molar-refractivity contribution in [2.24, 2.45) is 0 Å². The zero-order valence-corrected chi connectivity index (χ0v) is 16.1. The fraction of sp³-hybridized carbons (Fsp3) is 0.222. The van der Waals surface area contributed by atoms with Crippen molar-refractivity contribution in [3.05, 3.63) is 59.0 Å². The normalized spacial score (nSPS) is 12.7. The van der Waals surface area contributed by atoms with Gasteiger partial charge in [0.25, 0.3) is 11.5 Å². The summed E-state index contributed by atoms with van der Waals surface area (Å²) in [7, 11) is -3.84. The number of sulfone groups is 1. The van der Waals surface area contributed by atoms with Crippen LogP contribution >= 0.6 is 0 Å². The molecule has 1 amide bonds. The Bertz CT molecular complexity index is 1240. The molecule has 0 radical (unpaired) electrons. The minimum atomic E-state index is -3.84. The summed E-state index contributed by atoms with van der Waals surface area (Å²) >= 11 is 0. The Morgan fingerprint density at radius 1 is 1.24 bits per heavy atom. The van der Waals surface area contributed by atoms with Gasteiger partial charge in [-0.25, -0.2) is 18.3 Å². The van der Waals surface area contributed by atoms with E-state index in [0.29, 0.717) is 16.6 Å². The number of aromatic nitrogens is 3. The molecule has 0 aliphatic heterocycles. The number of hydrogen-bond acceptors (Lipinski definition) is 7. The summed E-state index contributed by atoms with van der Waals surface area (Å²) in [6.07, 6.45) is 4.51. The molecule has 0 bridgehead atoms. The first-order chi connectivity index (χ1) is 13.7. The number of hydrogen-bond donors (Lipinski definition) is 2. The highest BCUT2D eigenvalue weighted by atomic mass is 32.2. The van der Waals surface area contributed by atoms with E-state index in [1.165, 1.54) is 17.9 Å². The summed E-state index contributed by atoms with van der Waals surface area (Å²) in [4.78, 5) is 32.2. The molecular formula is C18H17FN4O5S. The van der Waals surface area contributed by atoms with Gasteiger partial charge >= 0.3 is 0 Å². The Labute approximate surface area is 164 Å². The van der Waals surface area contributed by atoms with Gasteiger partial charge in [-0.05, 0) is 24.1 Å². The molecule has 3 rings (SSSR count). The van der Waals surface area contributed by atoms with Crippen molar-refractivity contribution < 1.29 is 22.8 Å². The van der Waals surface area contributed by atoms with E-state index in [2.05, 4.69) is 9.97 Å². The maximum Gasteiger partial charge on any atom is 0.261 e. The van der Waals surface area contributed by atoms with Gasteiger partial charge in [-0.2, -0.15) is 0 Å². The van der Waals surface area contributed by atoms with E-state index in [4.69, 9.17) is 5.21 Å². The Balaban J connectivity index is 1.91. The van der Waals surface area contributed by atoms with Gasteiger partial charge in [-0.3, -0.25) is 24.8 Å². The van der Waals surface area contributed by atoms with Crippen LogP contribution in [0.1, 0.15) is 6.42 Å². The summed E-state index contributed by atoms with van der Waals surface area (Å²) in [5, 5.41) is 7.13. The number of pyridine rings is 1. The van der Waals surface area contributed by atoms with Crippen LogP contribution in [0.25, 0.3) is 22.2 Å². The maximum absolute atomic E-state index is 14.7. The molecule has 2 N–H and O–H groups in total. The average molecular weight is 420 g/mol. The highest BCUT2D eigenvalue weighted by molar-refractivity contribution is 7.92. The number of aryl methyl sites for hydroxylation is 1. The van der Waals surface area contributed by atoms with Crippen molar-refractivity contribution in [1.29, 1.82) is 0 Å². The minimum Gasteiger partial charge on any atom is -0.312 e. The summed E-state index contributed by atoms with van der Waals surface area (Å²) in [6.45, 7) is -0.232. The highest BCUT2D eigenvalue weighted by Gasteiger charge is 2.28. The van der Waals surface area contributed by atoms with Gasteiger partial charge in [-0.1, -0.05) is 6.07 Å². The van der Waals surface area contributed by atoms with Crippen molar-refractivity contribution in [2.45, 2.75) is 18.2 Å². The summed E-state index contributed by atoms with van der Waals surface area (Å²) in [6, 6.07) is 5.97. The van der Waals surface area contributed by atoms with E-state index in [-0.39, 0.29) is 18.5 Å². The molecule has 1 aromatic carbocycles. The summed E-state index contributed by atoms with van der Waals surface area (Å²) < 4.78 is 39.1. The molecule has 9 nitrogen and oxygen atoms in total. The number of hydroxylamine groups is 1. The molecule has 0 saturated carbocycles. The fourth-order valence-electron chi connectivity index (χ4n) is 2.94. The maximum atomic E-state index is 14.7. The van der Waals surface area contributed by atoms with E-state index >= 15 is 0 Å². The number of rotatable bonds is 6. The second-order valence-corrected chi connectivity index (χ2v) is 8.64. The van der Waals surface area contributed by atoms with Crippen LogP contribution in [0.5, 0.6) is 0 Å².